The van der Waals surface area contributed by atoms with Crippen molar-refractivity contribution in [2.24, 2.45) is 0 Å². The molecule has 4 rings (SSSR count). The van der Waals surface area contributed by atoms with E-state index in [1.807, 2.05) is 19.1 Å². The summed E-state index contributed by atoms with van der Waals surface area (Å²) < 4.78 is 5.58. The Kier molecular flexibility index (Phi) is 4.60. The molecule has 1 unspecified atom stereocenters. The van der Waals surface area contributed by atoms with Gasteiger partial charge in [0.05, 0.1) is 11.8 Å². The van der Waals surface area contributed by atoms with E-state index in [0.717, 1.165) is 37.7 Å². The Morgan fingerprint density at radius 1 is 1.07 bits per heavy atom. The number of benzene rings is 1. The Labute approximate surface area is 158 Å². The van der Waals surface area contributed by atoms with Gasteiger partial charge in [-0.2, -0.15) is 0 Å². The average Bonchev–Trinajstić information content (AvgIpc) is 3.30. The number of rotatable bonds is 3. The summed E-state index contributed by atoms with van der Waals surface area (Å²) in [5.41, 5.74) is 1.69. The molecular weight excluding hydrogens is 342 g/mol. The van der Waals surface area contributed by atoms with Gasteiger partial charge in [0.15, 0.2) is 0 Å². The maximum atomic E-state index is 12.9. The number of hydrogen-bond donors (Lipinski definition) is 1. The van der Waals surface area contributed by atoms with Crippen LogP contribution in [0.3, 0.4) is 0 Å². The van der Waals surface area contributed by atoms with Crippen LogP contribution in [0, 0.1) is 6.92 Å². The molecule has 1 aliphatic heterocycles. The van der Waals surface area contributed by atoms with Crippen molar-refractivity contribution in [1.82, 2.24) is 4.90 Å². The maximum Gasteiger partial charge on any atom is 0.296 e. The van der Waals surface area contributed by atoms with Crippen molar-refractivity contribution < 1.29 is 19.1 Å². The molecular formula is C22H23NO4. The first kappa shape index (κ1) is 17.6. The van der Waals surface area contributed by atoms with E-state index in [2.05, 4.69) is 0 Å². The van der Waals surface area contributed by atoms with Crippen molar-refractivity contribution >= 4 is 17.4 Å². The summed E-state index contributed by atoms with van der Waals surface area (Å²) in [6.07, 6.45) is 6.49. The van der Waals surface area contributed by atoms with Gasteiger partial charge in [0, 0.05) is 11.6 Å². The van der Waals surface area contributed by atoms with Crippen molar-refractivity contribution in [3.05, 3.63) is 65.1 Å². The second-order valence-electron chi connectivity index (χ2n) is 7.38. The number of furan rings is 1. The lowest BCUT2D eigenvalue weighted by Gasteiger charge is -2.34. The van der Waals surface area contributed by atoms with E-state index in [9.17, 15) is 14.7 Å². The first-order valence-corrected chi connectivity index (χ1v) is 9.48. The number of carbonyl (C=O) groups excluding carboxylic acids is 2. The van der Waals surface area contributed by atoms with Crippen molar-refractivity contribution in [2.75, 3.05) is 0 Å². The Morgan fingerprint density at radius 3 is 2.41 bits per heavy atom. The number of hydrogen-bond acceptors (Lipinski definition) is 4. The van der Waals surface area contributed by atoms with Crippen LogP contribution in [0.5, 0.6) is 0 Å². The van der Waals surface area contributed by atoms with Crippen molar-refractivity contribution in [3.8, 4) is 0 Å². The van der Waals surface area contributed by atoms with Crippen LogP contribution in [0.25, 0.3) is 5.76 Å². The number of Topliss-reactive ketones (excluding diaryl/α,β-unsaturated/α-hetero) is 1. The third-order valence-electron chi connectivity index (χ3n) is 5.59. The zero-order valence-electron chi connectivity index (χ0n) is 15.4. The van der Waals surface area contributed by atoms with Crippen molar-refractivity contribution in [1.29, 1.82) is 0 Å². The van der Waals surface area contributed by atoms with Crippen LogP contribution >= 0.6 is 0 Å². The molecule has 2 fully saturated rings. The first-order chi connectivity index (χ1) is 13.1. The molecule has 5 heteroatoms. The summed E-state index contributed by atoms with van der Waals surface area (Å²) in [7, 11) is 0. The largest absolute Gasteiger partial charge is 0.507 e. The van der Waals surface area contributed by atoms with Gasteiger partial charge in [-0.3, -0.25) is 9.59 Å². The number of nitrogens with zero attached hydrogens (tertiary/aromatic N) is 1. The topological polar surface area (TPSA) is 70.8 Å². The van der Waals surface area contributed by atoms with Gasteiger partial charge in [-0.05, 0) is 31.9 Å². The molecule has 1 saturated heterocycles. The third kappa shape index (κ3) is 3.07. The van der Waals surface area contributed by atoms with Gasteiger partial charge >= 0.3 is 0 Å². The molecule has 1 atom stereocenters. The van der Waals surface area contributed by atoms with Crippen molar-refractivity contribution in [2.45, 2.75) is 51.1 Å². The average molecular weight is 365 g/mol. The Hall–Kier alpha value is -2.82. The highest BCUT2D eigenvalue weighted by Crippen LogP contribution is 2.43. The van der Waals surface area contributed by atoms with Crippen LogP contribution < -0.4 is 0 Å². The highest BCUT2D eigenvalue weighted by molar-refractivity contribution is 6.46. The summed E-state index contributed by atoms with van der Waals surface area (Å²) >= 11 is 0. The highest BCUT2D eigenvalue weighted by atomic mass is 16.3. The number of aliphatic hydroxyl groups is 1. The van der Waals surface area contributed by atoms with Crippen LogP contribution in [0.15, 0.2) is 52.7 Å². The van der Waals surface area contributed by atoms with E-state index in [1.165, 1.54) is 6.26 Å². The summed E-state index contributed by atoms with van der Waals surface area (Å²) in [4.78, 5) is 27.4. The quantitative estimate of drug-likeness (QED) is 0.499. The van der Waals surface area contributed by atoms with Gasteiger partial charge in [0.2, 0.25) is 0 Å². The lowest BCUT2D eigenvalue weighted by atomic mass is 9.92. The Morgan fingerprint density at radius 2 is 1.78 bits per heavy atom. The summed E-state index contributed by atoms with van der Waals surface area (Å²) in [6.45, 7) is 1.95. The fraction of sp³-hybridized carbons (Fsp3) is 0.364. The van der Waals surface area contributed by atoms with E-state index in [-0.39, 0.29) is 17.4 Å². The Bertz CT molecular complexity index is 874. The van der Waals surface area contributed by atoms with Gasteiger partial charge in [-0.1, -0.05) is 49.1 Å². The normalized spacial score (nSPS) is 23.1. The van der Waals surface area contributed by atoms with Gasteiger partial charge in [-0.15, -0.1) is 0 Å². The van der Waals surface area contributed by atoms with Crippen LogP contribution in [0.4, 0.5) is 0 Å². The minimum atomic E-state index is -0.676. The highest BCUT2D eigenvalue weighted by Gasteiger charge is 2.50. The predicted octanol–water partition coefficient (Wildman–Crippen LogP) is 4.34. The Balaban J connectivity index is 1.84. The molecule has 5 nitrogen and oxygen atoms in total. The smallest absolute Gasteiger partial charge is 0.296 e. The predicted molar refractivity (Wildman–Crippen MR) is 101 cm³/mol. The molecule has 1 aliphatic carbocycles. The van der Waals surface area contributed by atoms with Crippen LogP contribution in [0.2, 0.25) is 0 Å². The van der Waals surface area contributed by atoms with E-state index in [0.29, 0.717) is 11.3 Å². The lowest BCUT2D eigenvalue weighted by molar-refractivity contribution is -0.142. The van der Waals surface area contributed by atoms with E-state index in [1.54, 1.807) is 29.2 Å². The molecule has 1 aromatic carbocycles. The molecule has 0 radical (unpaired) electrons. The zero-order chi connectivity index (χ0) is 19.0. The first-order valence-electron chi connectivity index (χ1n) is 9.48. The second-order valence-corrected chi connectivity index (χ2v) is 7.38. The van der Waals surface area contributed by atoms with Gasteiger partial charge < -0.3 is 14.4 Å². The summed E-state index contributed by atoms with van der Waals surface area (Å²) in [5, 5.41) is 10.9. The van der Waals surface area contributed by atoms with E-state index >= 15 is 0 Å². The molecule has 1 amide bonds. The SMILES string of the molecule is Cc1ccc(/C(O)=C2/C(=O)C(=O)N(C3CCCCC3)C2c2ccco2)cc1. The van der Waals surface area contributed by atoms with Crippen molar-refractivity contribution in [3.63, 3.8) is 0 Å². The third-order valence-corrected chi connectivity index (χ3v) is 5.59. The summed E-state index contributed by atoms with van der Waals surface area (Å²) in [6, 6.07) is 10.1. The fourth-order valence-corrected chi connectivity index (χ4v) is 4.18. The summed E-state index contributed by atoms with van der Waals surface area (Å²) in [5.74, 6) is -0.821. The number of aryl methyl sites for hydroxylation is 1. The monoisotopic (exact) mass is 365 g/mol. The van der Waals surface area contributed by atoms with E-state index < -0.39 is 17.7 Å². The van der Waals surface area contributed by atoms with Gasteiger partial charge in [0.1, 0.15) is 17.6 Å². The molecule has 2 heterocycles. The molecule has 1 N–H and O–H groups in total. The minimum Gasteiger partial charge on any atom is -0.507 e. The molecule has 2 aromatic rings. The molecule has 27 heavy (non-hydrogen) atoms. The number of likely N-dealkylation sites (tertiary alicyclic amines) is 1. The van der Waals surface area contributed by atoms with Crippen LogP contribution in [-0.4, -0.2) is 27.7 Å². The number of amides is 1. The number of aliphatic hydroxyl groups excluding tert-OH is 1. The molecule has 140 valence electrons. The van der Waals surface area contributed by atoms with Gasteiger partial charge in [0.25, 0.3) is 11.7 Å². The fourth-order valence-electron chi connectivity index (χ4n) is 4.18. The van der Waals surface area contributed by atoms with Crippen LogP contribution in [-0.2, 0) is 9.59 Å². The molecule has 0 spiro atoms. The molecule has 1 saturated carbocycles. The second kappa shape index (κ2) is 7.06. The lowest BCUT2D eigenvalue weighted by Crippen LogP contribution is -2.40. The molecule has 0 bridgehead atoms. The van der Waals surface area contributed by atoms with E-state index in [4.69, 9.17) is 4.42 Å². The standard InChI is InChI=1S/C22H23NO4/c1-14-9-11-15(12-10-14)20(24)18-19(17-8-5-13-27-17)23(22(26)21(18)25)16-6-3-2-4-7-16/h5,8-13,16,19,24H,2-4,6-7H2,1H3/b20-18-. The zero-order valence-corrected chi connectivity index (χ0v) is 15.4. The number of carbonyl (C=O) groups is 2. The van der Waals surface area contributed by atoms with Gasteiger partial charge in [-0.25, -0.2) is 0 Å². The number of ketones is 1. The molecule has 2 aliphatic rings. The molecule has 1 aromatic heterocycles. The minimum absolute atomic E-state index is 0.00591. The maximum absolute atomic E-state index is 12.9. The van der Waals surface area contributed by atoms with Crippen LogP contribution in [0.1, 0.15) is 55.0 Å².